The highest BCUT2D eigenvalue weighted by molar-refractivity contribution is 8.01. The Morgan fingerprint density at radius 1 is 1.13 bits per heavy atom. The maximum Gasteiger partial charge on any atom is 0.237 e. The minimum Gasteiger partial charge on any atom is -0.326 e. The Kier molecular flexibility index (Phi) is 6.62. The summed E-state index contributed by atoms with van der Waals surface area (Å²) in [7, 11) is -3.70. The van der Waals surface area contributed by atoms with E-state index in [1.807, 2.05) is 6.92 Å². The summed E-state index contributed by atoms with van der Waals surface area (Å²) < 4.78 is 25.3. The quantitative estimate of drug-likeness (QED) is 0.630. The van der Waals surface area contributed by atoms with Crippen molar-refractivity contribution >= 4 is 50.6 Å². The molecular formula is C21H22N2O5S2. The van der Waals surface area contributed by atoms with E-state index < -0.39 is 15.7 Å². The van der Waals surface area contributed by atoms with E-state index >= 15 is 0 Å². The van der Waals surface area contributed by atoms with Gasteiger partial charge in [0.1, 0.15) is 0 Å². The van der Waals surface area contributed by atoms with E-state index in [-0.39, 0.29) is 34.0 Å². The zero-order valence-electron chi connectivity index (χ0n) is 16.6. The number of hydrogen-bond donors (Lipinski definition) is 2. The summed E-state index contributed by atoms with van der Waals surface area (Å²) in [5, 5.41) is 5.19. The Hall–Kier alpha value is -2.65. The van der Waals surface area contributed by atoms with Crippen molar-refractivity contribution in [2.45, 2.75) is 41.7 Å². The monoisotopic (exact) mass is 446 g/mol. The number of hydrogen-bond acceptors (Lipinski definition) is 6. The second-order valence-electron chi connectivity index (χ2n) is 6.91. The average Bonchev–Trinajstić information content (AvgIpc) is 2.71. The molecule has 1 aliphatic rings. The third-order valence-electron chi connectivity index (χ3n) is 4.67. The van der Waals surface area contributed by atoms with Crippen molar-refractivity contribution in [3.05, 3.63) is 48.0 Å². The average molecular weight is 447 g/mol. The lowest BCUT2D eigenvalue weighted by Crippen LogP contribution is -2.28. The van der Waals surface area contributed by atoms with Crippen LogP contribution in [-0.2, 0) is 19.4 Å². The van der Waals surface area contributed by atoms with Gasteiger partial charge in [-0.05, 0) is 55.8 Å². The molecule has 2 amide bonds. The first-order chi connectivity index (χ1) is 14.2. The zero-order valence-corrected chi connectivity index (χ0v) is 18.2. The van der Waals surface area contributed by atoms with Crippen LogP contribution in [0.3, 0.4) is 0 Å². The molecule has 0 aromatic heterocycles. The molecule has 2 N–H and O–H groups in total. The molecule has 0 radical (unpaired) electrons. The number of rotatable bonds is 7. The molecule has 0 saturated carbocycles. The van der Waals surface area contributed by atoms with Gasteiger partial charge in [0, 0.05) is 22.6 Å². The smallest absolute Gasteiger partial charge is 0.237 e. The van der Waals surface area contributed by atoms with Crippen molar-refractivity contribution < 1.29 is 22.8 Å². The van der Waals surface area contributed by atoms with Crippen LogP contribution >= 0.6 is 11.8 Å². The normalized spacial score (nSPS) is 15.8. The van der Waals surface area contributed by atoms with Crippen molar-refractivity contribution in [3.8, 4) is 0 Å². The molecule has 0 spiro atoms. The van der Waals surface area contributed by atoms with Crippen LogP contribution in [-0.4, -0.2) is 37.0 Å². The van der Waals surface area contributed by atoms with Gasteiger partial charge in [-0.15, -0.1) is 11.8 Å². The molecule has 30 heavy (non-hydrogen) atoms. The van der Waals surface area contributed by atoms with Crippen molar-refractivity contribution in [3.63, 3.8) is 0 Å². The minimum atomic E-state index is -3.70. The van der Waals surface area contributed by atoms with E-state index in [1.54, 1.807) is 30.3 Å². The van der Waals surface area contributed by atoms with Crippen LogP contribution in [0.15, 0.2) is 52.3 Å². The van der Waals surface area contributed by atoms with Gasteiger partial charge in [-0.3, -0.25) is 14.4 Å². The van der Waals surface area contributed by atoms with Crippen molar-refractivity contribution in [1.82, 2.24) is 0 Å². The van der Waals surface area contributed by atoms with Gasteiger partial charge in [-0.2, -0.15) is 0 Å². The fraction of sp³-hybridized carbons (Fsp3) is 0.286. The molecule has 0 aliphatic carbocycles. The lowest BCUT2D eigenvalue weighted by molar-refractivity contribution is -0.116. The van der Waals surface area contributed by atoms with Gasteiger partial charge >= 0.3 is 0 Å². The lowest BCUT2D eigenvalue weighted by Gasteiger charge is -2.23. The molecule has 0 fully saturated rings. The molecule has 7 nitrogen and oxygen atoms in total. The zero-order chi connectivity index (χ0) is 21.9. The molecule has 3 rings (SSSR count). The maximum atomic E-state index is 12.7. The summed E-state index contributed by atoms with van der Waals surface area (Å²) in [6, 6.07) is 11.0. The number of thioether (sulfide) groups is 1. The van der Waals surface area contributed by atoms with E-state index in [9.17, 15) is 22.8 Å². The van der Waals surface area contributed by atoms with Gasteiger partial charge in [-0.25, -0.2) is 8.42 Å². The molecule has 158 valence electrons. The van der Waals surface area contributed by atoms with Gasteiger partial charge in [0.25, 0.3) is 0 Å². The Morgan fingerprint density at radius 2 is 1.83 bits per heavy atom. The standard InChI is InChI=1S/C21H22N2O5S2/c1-3-18-21(26)23-17-12-16(8-9-19(17)29-18)30(27,28)11-10-20(25)22-15-6-4-14(5-7-15)13(2)24/h4-9,12,18H,3,10-11H2,1-2H3,(H,22,25)(H,23,26). The number of carbonyl (C=O) groups excluding carboxylic acids is 3. The van der Waals surface area contributed by atoms with Gasteiger partial charge in [0.15, 0.2) is 15.6 Å². The second-order valence-corrected chi connectivity index (χ2v) is 10.3. The Balaban J connectivity index is 1.64. The SMILES string of the molecule is CCC1Sc2ccc(S(=O)(=O)CCC(=O)Nc3ccc(C(C)=O)cc3)cc2NC1=O. The highest BCUT2D eigenvalue weighted by atomic mass is 32.2. The predicted molar refractivity (Wildman–Crippen MR) is 117 cm³/mol. The highest BCUT2D eigenvalue weighted by Gasteiger charge is 2.27. The molecule has 9 heteroatoms. The number of anilines is 2. The number of benzene rings is 2. The fourth-order valence-corrected chi connectivity index (χ4v) is 5.23. The summed E-state index contributed by atoms with van der Waals surface area (Å²) in [6.45, 7) is 3.37. The molecule has 1 heterocycles. The number of ketones is 1. The molecule has 1 unspecified atom stereocenters. The largest absolute Gasteiger partial charge is 0.326 e. The Bertz CT molecular complexity index is 1090. The van der Waals surface area contributed by atoms with Crippen molar-refractivity contribution in [2.75, 3.05) is 16.4 Å². The molecule has 2 aromatic carbocycles. The summed E-state index contributed by atoms with van der Waals surface area (Å²) in [4.78, 5) is 36.4. The first-order valence-electron chi connectivity index (χ1n) is 9.45. The third-order valence-corrected chi connectivity index (χ3v) is 7.83. The Morgan fingerprint density at radius 3 is 2.47 bits per heavy atom. The van der Waals surface area contributed by atoms with Gasteiger partial charge < -0.3 is 10.6 Å². The highest BCUT2D eigenvalue weighted by Crippen LogP contribution is 2.38. The lowest BCUT2D eigenvalue weighted by atomic mass is 10.1. The van der Waals surface area contributed by atoms with Gasteiger partial charge in [0.05, 0.1) is 21.6 Å². The van der Waals surface area contributed by atoms with Crippen LogP contribution in [0.25, 0.3) is 0 Å². The van der Waals surface area contributed by atoms with E-state index in [1.165, 1.54) is 30.8 Å². The van der Waals surface area contributed by atoms with Crippen molar-refractivity contribution in [2.24, 2.45) is 0 Å². The summed E-state index contributed by atoms with van der Waals surface area (Å²) >= 11 is 1.41. The molecule has 0 bridgehead atoms. The van der Waals surface area contributed by atoms with Crippen LogP contribution in [0, 0.1) is 0 Å². The molecular weight excluding hydrogens is 424 g/mol. The molecule has 0 saturated heterocycles. The number of sulfone groups is 1. The number of Topliss-reactive ketones (excluding diaryl/α,β-unsaturated/α-hetero) is 1. The second kappa shape index (κ2) is 9.01. The van der Waals surface area contributed by atoms with Crippen LogP contribution in [0.2, 0.25) is 0 Å². The van der Waals surface area contributed by atoms with E-state index in [4.69, 9.17) is 0 Å². The number of nitrogens with one attached hydrogen (secondary N) is 2. The Labute approximate surface area is 179 Å². The van der Waals surface area contributed by atoms with Crippen LogP contribution < -0.4 is 10.6 Å². The molecule has 2 aromatic rings. The number of fused-ring (bicyclic) bond motifs is 1. The maximum absolute atomic E-state index is 12.7. The van der Waals surface area contributed by atoms with Crippen LogP contribution in [0.5, 0.6) is 0 Å². The van der Waals surface area contributed by atoms with E-state index in [0.29, 0.717) is 23.4 Å². The summed E-state index contributed by atoms with van der Waals surface area (Å²) in [5.41, 5.74) is 1.49. The fourth-order valence-electron chi connectivity index (χ4n) is 2.95. The minimum absolute atomic E-state index is 0.0655. The van der Waals surface area contributed by atoms with Gasteiger partial charge in [-0.1, -0.05) is 6.92 Å². The summed E-state index contributed by atoms with van der Waals surface area (Å²) in [5.74, 6) is -1.02. The first-order valence-corrected chi connectivity index (χ1v) is 12.0. The van der Waals surface area contributed by atoms with E-state index in [2.05, 4.69) is 10.6 Å². The van der Waals surface area contributed by atoms with Crippen LogP contribution in [0.4, 0.5) is 11.4 Å². The predicted octanol–water partition coefficient (Wildman–Crippen LogP) is 3.51. The van der Waals surface area contributed by atoms with Crippen molar-refractivity contribution in [1.29, 1.82) is 0 Å². The molecule has 1 atom stereocenters. The van der Waals surface area contributed by atoms with Crippen LogP contribution in [0.1, 0.15) is 37.0 Å². The summed E-state index contributed by atoms with van der Waals surface area (Å²) in [6.07, 6.45) is 0.468. The van der Waals surface area contributed by atoms with E-state index in [0.717, 1.165) is 4.90 Å². The number of carbonyl (C=O) groups is 3. The number of amides is 2. The van der Waals surface area contributed by atoms with Gasteiger partial charge in [0.2, 0.25) is 11.8 Å². The molecule has 1 aliphatic heterocycles. The topological polar surface area (TPSA) is 109 Å². The first kappa shape index (κ1) is 22.0. The third kappa shape index (κ3) is 5.09.